The van der Waals surface area contributed by atoms with Crippen LogP contribution in [0.15, 0.2) is 18.2 Å². The molecule has 0 aliphatic carbocycles. The molecule has 0 saturated heterocycles. The number of carboxylic acid groups (broad SMARTS) is 3. The second kappa shape index (κ2) is 25.8. The van der Waals surface area contributed by atoms with Crippen molar-refractivity contribution in [1.29, 1.82) is 0 Å². The van der Waals surface area contributed by atoms with Gasteiger partial charge in [-0.15, -0.1) is 0 Å². The minimum Gasteiger partial charge on any atom is -0.548 e. The molecule has 2 bridgehead atoms. The first-order chi connectivity index (χ1) is 27.1. The van der Waals surface area contributed by atoms with Crippen molar-refractivity contribution in [3.05, 3.63) is 29.6 Å². The van der Waals surface area contributed by atoms with Gasteiger partial charge in [0.2, 0.25) is 17.7 Å². The maximum atomic E-state index is 12.7. The largest absolute Gasteiger partial charge is 0.548 e. The molecule has 22 heteroatoms. The van der Waals surface area contributed by atoms with Gasteiger partial charge in [-0.05, 0) is 31.4 Å². The monoisotopic (exact) mass is 813 g/mol. The van der Waals surface area contributed by atoms with Crippen molar-refractivity contribution in [2.75, 3.05) is 65.6 Å². The number of pyridine rings is 1. The van der Waals surface area contributed by atoms with Crippen LogP contribution in [0.25, 0.3) is 0 Å². The molecular weight excluding hydrogens is 758 g/mol. The molecule has 3 amide bonds. The molecule has 1 aliphatic rings. The maximum Gasteiger partial charge on any atom is 0.320 e. The number of aliphatic carboxylic acids is 3. The van der Waals surface area contributed by atoms with Gasteiger partial charge in [-0.2, -0.15) is 0 Å². The molecule has 0 fully saturated rings. The highest BCUT2D eigenvalue weighted by Gasteiger charge is 2.31. The van der Waals surface area contributed by atoms with Gasteiger partial charge in [-0.25, -0.2) is 0 Å². The molecule has 0 spiro atoms. The van der Waals surface area contributed by atoms with Crippen LogP contribution in [0.1, 0.15) is 49.9 Å². The van der Waals surface area contributed by atoms with E-state index in [2.05, 4.69) is 20.9 Å². The molecule has 6 unspecified atom stereocenters. The summed E-state index contributed by atoms with van der Waals surface area (Å²) in [7, 11) is 0. The third kappa shape index (κ3) is 18.2. The van der Waals surface area contributed by atoms with Gasteiger partial charge in [-0.3, -0.25) is 38.9 Å². The van der Waals surface area contributed by atoms with Crippen LogP contribution < -0.4 is 26.2 Å². The molecule has 6 atom stereocenters. The molecule has 1 aromatic rings. The van der Waals surface area contributed by atoms with Gasteiger partial charge in [0.25, 0.3) is 0 Å². The van der Waals surface area contributed by atoms with Crippen LogP contribution in [0.3, 0.4) is 0 Å². The number of carbonyl (C=O) groups is 6. The van der Waals surface area contributed by atoms with Crippen LogP contribution in [-0.4, -0.2) is 193 Å². The van der Waals surface area contributed by atoms with Gasteiger partial charge in [0.1, 0.15) is 6.04 Å². The number of carboxylic acids is 3. The number of aromatic nitrogens is 1. The van der Waals surface area contributed by atoms with Crippen molar-refractivity contribution in [2.24, 2.45) is 0 Å². The highest BCUT2D eigenvalue weighted by molar-refractivity contribution is 5.79. The number of nitrogens with zero attached hydrogens (tertiary/aromatic N) is 4. The Bertz CT molecular complexity index is 1380. The van der Waals surface area contributed by atoms with Crippen LogP contribution in [0.2, 0.25) is 0 Å². The van der Waals surface area contributed by atoms with Gasteiger partial charge >= 0.3 is 5.97 Å². The number of hydrogen-bond donors (Lipinski definition) is 10. The van der Waals surface area contributed by atoms with Gasteiger partial charge < -0.3 is 71.5 Å². The molecule has 2 heterocycles. The zero-order valence-corrected chi connectivity index (χ0v) is 31.6. The molecule has 10 N–H and O–H groups in total. The fraction of sp³-hybridized carbons (Fsp3) is 0.686. The first-order valence-corrected chi connectivity index (χ1v) is 18.6. The quantitative estimate of drug-likeness (QED) is 0.0463. The Morgan fingerprint density at radius 1 is 0.596 bits per heavy atom. The Kier molecular flexibility index (Phi) is 22.1. The van der Waals surface area contributed by atoms with Crippen molar-refractivity contribution in [1.82, 2.24) is 35.6 Å². The van der Waals surface area contributed by atoms with E-state index in [1.807, 2.05) is 0 Å². The number of fused-ring (bicyclic) bond motifs is 2. The molecule has 0 saturated carbocycles. The van der Waals surface area contributed by atoms with Crippen molar-refractivity contribution >= 4 is 35.6 Å². The lowest BCUT2D eigenvalue weighted by Gasteiger charge is -2.39. The summed E-state index contributed by atoms with van der Waals surface area (Å²) in [5.74, 6) is -6.28. The molecule has 57 heavy (non-hydrogen) atoms. The SMILES string of the molecule is O=C(CCC(C(=O)[O-])N1CCN(C(CCC(=O)NCC(O)CO)C(=O)[O-])Cc2cccc(n2)CN(C(CCC(=O)NCC(O)CO)C(=O)O)CC1)NCC(O)CO. The third-order valence-electron chi connectivity index (χ3n) is 9.27. The predicted octanol–water partition coefficient (Wildman–Crippen LogP) is -7.56. The average Bonchev–Trinajstić information content (AvgIpc) is 3.17. The summed E-state index contributed by atoms with van der Waals surface area (Å²) < 4.78 is 0. The molecule has 322 valence electrons. The van der Waals surface area contributed by atoms with E-state index in [4.69, 9.17) is 15.3 Å². The smallest absolute Gasteiger partial charge is 0.320 e. The van der Waals surface area contributed by atoms with E-state index in [9.17, 15) is 59.4 Å². The van der Waals surface area contributed by atoms with Gasteiger partial charge in [-0.1, -0.05) is 6.07 Å². The standard InChI is InChI=1S/C35H57N7O15/c43-19-24(46)14-36-30(49)7-4-27(33(52)53)40-10-12-41(28(34(54)55)5-8-31(50)37-15-25(47)20-44)17-22-2-1-3-23(39-22)18-42(13-11-40)29(35(56)57)6-9-32(51)38-16-26(48)21-45/h1-3,24-29,43-48H,4-21H2,(H,36,49)(H,37,50)(H,38,51)(H,52,53)(H,54,55)(H,56,57)/p-2. The molecule has 1 aliphatic heterocycles. The molecular formula is C35H55N7O15-2. The van der Waals surface area contributed by atoms with Crippen LogP contribution in [0.5, 0.6) is 0 Å². The minimum absolute atomic E-state index is 0.112. The van der Waals surface area contributed by atoms with E-state index in [0.717, 1.165) is 0 Å². The van der Waals surface area contributed by atoms with E-state index in [0.29, 0.717) is 11.4 Å². The first-order valence-electron chi connectivity index (χ1n) is 18.6. The van der Waals surface area contributed by atoms with E-state index >= 15 is 0 Å². The number of rotatable bonds is 24. The van der Waals surface area contributed by atoms with Crippen LogP contribution >= 0.6 is 0 Å². The van der Waals surface area contributed by atoms with E-state index < -0.39 is 91.9 Å². The number of nitrogens with one attached hydrogen (secondary N) is 3. The second-order valence-electron chi connectivity index (χ2n) is 13.7. The topological polar surface area (TPSA) is 349 Å². The number of aliphatic hydroxyl groups is 6. The van der Waals surface area contributed by atoms with E-state index in [1.54, 1.807) is 18.2 Å². The zero-order chi connectivity index (χ0) is 42.5. The number of carbonyl (C=O) groups excluding carboxylic acids is 5. The first kappa shape index (κ1) is 48.8. The number of amides is 3. The van der Waals surface area contributed by atoms with E-state index in [-0.39, 0.29) is 97.4 Å². The average molecular weight is 814 g/mol. The lowest BCUT2D eigenvalue weighted by Crippen LogP contribution is -2.55. The van der Waals surface area contributed by atoms with Crippen molar-refractivity contribution in [2.45, 2.75) is 88.1 Å². The fourth-order valence-corrected chi connectivity index (χ4v) is 6.07. The fourth-order valence-electron chi connectivity index (χ4n) is 6.07. The zero-order valence-electron chi connectivity index (χ0n) is 31.6. The Labute approximate surface area is 329 Å². The van der Waals surface area contributed by atoms with Gasteiger partial charge in [0.05, 0.1) is 67.5 Å². The van der Waals surface area contributed by atoms with Crippen molar-refractivity contribution < 1.29 is 74.7 Å². The molecule has 0 radical (unpaired) electrons. The highest BCUT2D eigenvalue weighted by atomic mass is 16.4. The highest BCUT2D eigenvalue weighted by Crippen LogP contribution is 2.19. The third-order valence-corrected chi connectivity index (χ3v) is 9.27. The Morgan fingerprint density at radius 3 is 1.28 bits per heavy atom. The summed E-state index contributed by atoms with van der Waals surface area (Å²) in [5, 5.41) is 98.5. The van der Waals surface area contributed by atoms with Crippen molar-refractivity contribution in [3.63, 3.8) is 0 Å². The Balaban J connectivity index is 2.49. The molecule has 22 nitrogen and oxygen atoms in total. The molecule has 0 aromatic carbocycles. The summed E-state index contributed by atoms with van der Waals surface area (Å²) in [6.45, 7) is -3.53. The summed E-state index contributed by atoms with van der Waals surface area (Å²) >= 11 is 0. The molecule has 2 rings (SSSR count). The maximum absolute atomic E-state index is 12.7. The summed E-state index contributed by atoms with van der Waals surface area (Å²) in [6.07, 6.45) is -5.47. The van der Waals surface area contributed by atoms with Crippen LogP contribution in [0, 0.1) is 0 Å². The van der Waals surface area contributed by atoms with Gasteiger partial charge in [0, 0.05) is 84.2 Å². The Hall–Kier alpha value is -4.39. The van der Waals surface area contributed by atoms with Gasteiger partial charge in [0.15, 0.2) is 0 Å². The summed E-state index contributed by atoms with van der Waals surface area (Å²) in [5.41, 5.74) is 0.694. The van der Waals surface area contributed by atoms with E-state index in [1.165, 1.54) is 14.7 Å². The van der Waals surface area contributed by atoms with Crippen LogP contribution in [-0.2, 0) is 41.9 Å². The Morgan fingerprint density at radius 2 is 0.930 bits per heavy atom. The predicted molar refractivity (Wildman–Crippen MR) is 192 cm³/mol. The second-order valence-corrected chi connectivity index (χ2v) is 13.7. The molecule has 1 aromatic heterocycles. The number of aliphatic hydroxyl groups excluding tert-OH is 6. The number of hydrogen-bond acceptors (Lipinski definition) is 18. The lowest BCUT2D eigenvalue weighted by molar-refractivity contribution is -0.314. The normalized spacial score (nSPS) is 17.7. The summed E-state index contributed by atoms with van der Waals surface area (Å²) in [4.78, 5) is 84.3. The summed E-state index contributed by atoms with van der Waals surface area (Å²) in [6, 6.07) is 0.642. The van der Waals surface area contributed by atoms with Crippen LogP contribution in [0.4, 0.5) is 0 Å². The minimum atomic E-state index is -1.59. The van der Waals surface area contributed by atoms with Crippen molar-refractivity contribution in [3.8, 4) is 0 Å². The lowest BCUT2D eigenvalue weighted by atomic mass is 10.1.